The summed E-state index contributed by atoms with van der Waals surface area (Å²) in [6, 6.07) is 19.7. The lowest BCUT2D eigenvalue weighted by Crippen LogP contribution is -2.31. The molecule has 12 heteroatoms. The van der Waals surface area contributed by atoms with Gasteiger partial charge in [0.15, 0.2) is 0 Å². The number of amidine groups is 1. The summed E-state index contributed by atoms with van der Waals surface area (Å²) in [5.41, 5.74) is 8.08. The van der Waals surface area contributed by atoms with Crippen molar-refractivity contribution in [2.45, 2.75) is 46.3 Å². The minimum Gasteiger partial charge on any atom is -0.491 e. The Balaban J connectivity index is 1.21. The molecule has 0 aliphatic carbocycles. The molecule has 45 heavy (non-hydrogen) atoms. The predicted octanol–water partition coefficient (Wildman–Crippen LogP) is 4.15. The molecule has 0 radical (unpaired) electrons. The van der Waals surface area contributed by atoms with Crippen LogP contribution in [0.2, 0.25) is 0 Å². The van der Waals surface area contributed by atoms with Gasteiger partial charge in [-0.2, -0.15) is 4.99 Å². The number of amides is 2. The number of aliphatic imine (C=N–C) groups is 1. The average molecular weight is 617 g/mol. The number of hydrogen-bond donors (Lipinski definition) is 2. The number of nitrogens with one attached hydrogen (secondary N) is 1. The SMILES string of the molecule is CC(C)(C)C(=O)OCOC(=O)C[C@@H]1C[C@@H](COc2ccc(-c3ccc(C(N)=NC(=O)OCc4ccccc4)cn3)cc2)NC1=O. The second kappa shape index (κ2) is 15.0. The van der Waals surface area contributed by atoms with Crippen LogP contribution in [0.1, 0.15) is 44.7 Å². The van der Waals surface area contributed by atoms with Gasteiger partial charge in [-0.25, -0.2) is 4.79 Å². The Labute approximate surface area is 260 Å². The maximum atomic E-state index is 12.3. The van der Waals surface area contributed by atoms with Crippen LogP contribution in [0.4, 0.5) is 4.79 Å². The van der Waals surface area contributed by atoms with Crippen LogP contribution < -0.4 is 15.8 Å². The molecule has 3 aromatic rings. The van der Waals surface area contributed by atoms with Crippen molar-refractivity contribution in [3.63, 3.8) is 0 Å². The fraction of sp³-hybridized carbons (Fsp3) is 0.333. The summed E-state index contributed by atoms with van der Waals surface area (Å²) in [6.07, 6.45) is 1.02. The number of hydrogen-bond acceptors (Lipinski definition) is 9. The fourth-order valence-electron chi connectivity index (χ4n) is 4.29. The molecule has 1 fully saturated rings. The molecule has 1 saturated heterocycles. The van der Waals surface area contributed by atoms with Gasteiger partial charge in [-0.1, -0.05) is 30.3 Å². The van der Waals surface area contributed by atoms with Crippen molar-refractivity contribution in [3.8, 4) is 17.0 Å². The predicted molar refractivity (Wildman–Crippen MR) is 164 cm³/mol. The van der Waals surface area contributed by atoms with Crippen LogP contribution >= 0.6 is 0 Å². The summed E-state index contributed by atoms with van der Waals surface area (Å²) < 4.78 is 20.9. The maximum absolute atomic E-state index is 12.3. The van der Waals surface area contributed by atoms with Crippen molar-refractivity contribution in [2.24, 2.45) is 22.1 Å². The third-order valence-corrected chi connectivity index (χ3v) is 6.80. The van der Waals surface area contributed by atoms with Crippen molar-refractivity contribution in [1.29, 1.82) is 0 Å². The number of aromatic nitrogens is 1. The number of nitrogens with two attached hydrogens (primary N) is 1. The molecular weight excluding hydrogens is 580 g/mol. The molecule has 4 rings (SSSR count). The van der Waals surface area contributed by atoms with Gasteiger partial charge in [-0.15, -0.1) is 0 Å². The first-order chi connectivity index (χ1) is 21.5. The first-order valence-corrected chi connectivity index (χ1v) is 14.4. The van der Waals surface area contributed by atoms with Crippen molar-refractivity contribution < 1.29 is 38.1 Å². The van der Waals surface area contributed by atoms with Crippen molar-refractivity contribution >= 4 is 29.8 Å². The van der Waals surface area contributed by atoms with Gasteiger partial charge >= 0.3 is 18.0 Å². The van der Waals surface area contributed by atoms with E-state index < -0.39 is 36.2 Å². The van der Waals surface area contributed by atoms with E-state index in [1.807, 2.05) is 42.5 Å². The van der Waals surface area contributed by atoms with Crippen LogP contribution in [0.15, 0.2) is 77.9 Å². The Morgan fingerprint density at radius 3 is 2.38 bits per heavy atom. The van der Waals surface area contributed by atoms with Gasteiger partial charge in [-0.3, -0.25) is 19.4 Å². The van der Waals surface area contributed by atoms with Gasteiger partial charge in [0.2, 0.25) is 12.7 Å². The minimum atomic E-state index is -0.790. The number of esters is 2. The monoisotopic (exact) mass is 616 g/mol. The standard InChI is InChI=1S/C33H36N4O8/c1-33(2,3)31(40)45-20-44-28(38)16-24-15-25(36-30(24)39)19-42-26-12-9-22(10-13-26)27-14-11-23(17-35-27)29(34)37-32(41)43-18-21-7-5-4-6-8-21/h4-14,17,24-25H,15-16,18-20H2,1-3H3,(H,36,39)(H2,34,37,41)/t24-,25-/m0/s1. The Morgan fingerprint density at radius 2 is 1.71 bits per heavy atom. The summed E-state index contributed by atoms with van der Waals surface area (Å²) in [4.78, 5) is 56.5. The van der Waals surface area contributed by atoms with E-state index in [0.717, 1.165) is 11.1 Å². The molecular formula is C33H36N4O8. The highest BCUT2D eigenvalue weighted by Gasteiger charge is 2.34. The van der Waals surface area contributed by atoms with Crippen LogP contribution in [0, 0.1) is 11.3 Å². The molecule has 2 aromatic carbocycles. The number of ether oxygens (including phenoxy) is 4. The van der Waals surface area contributed by atoms with E-state index in [2.05, 4.69) is 15.3 Å². The second-order valence-electron chi connectivity index (χ2n) is 11.5. The third-order valence-electron chi connectivity index (χ3n) is 6.80. The van der Waals surface area contributed by atoms with E-state index in [4.69, 9.17) is 24.7 Å². The van der Waals surface area contributed by atoms with Crippen LogP contribution in [-0.4, -0.2) is 54.2 Å². The van der Waals surface area contributed by atoms with Gasteiger partial charge in [0, 0.05) is 17.3 Å². The molecule has 2 heterocycles. The molecule has 2 amide bonds. The van der Waals surface area contributed by atoms with E-state index in [0.29, 0.717) is 23.4 Å². The Morgan fingerprint density at radius 1 is 0.978 bits per heavy atom. The van der Waals surface area contributed by atoms with Gasteiger partial charge in [-0.05, 0) is 69.2 Å². The molecule has 0 bridgehead atoms. The van der Waals surface area contributed by atoms with Crippen LogP contribution in [-0.2, 0) is 35.2 Å². The first kappa shape index (κ1) is 32.6. The summed E-state index contributed by atoms with van der Waals surface area (Å²) in [7, 11) is 0. The average Bonchev–Trinajstić information content (AvgIpc) is 3.37. The Bertz CT molecular complexity index is 1520. The van der Waals surface area contributed by atoms with Gasteiger partial charge in [0.05, 0.1) is 29.5 Å². The van der Waals surface area contributed by atoms with Gasteiger partial charge in [0.25, 0.3) is 0 Å². The first-order valence-electron chi connectivity index (χ1n) is 14.4. The van der Waals surface area contributed by atoms with E-state index >= 15 is 0 Å². The number of pyridine rings is 1. The van der Waals surface area contributed by atoms with Gasteiger partial charge in [0.1, 0.15) is 24.8 Å². The second-order valence-corrected chi connectivity index (χ2v) is 11.5. The fourth-order valence-corrected chi connectivity index (χ4v) is 4.29. The molecule has 12 nitrogen and oxygen atoms in total. The number of nitrogens with zero attached hydrogens (tertiary/aromatic N) is 2. The quantitative estimate of drug-likeness (QED) is 0.138. The highest BCUT2D eigenvalue weighted by molar-refractivity contribution is 6.02. The molecule has 1 aliphatic heterocycles. The van der Waals surface area contributed by atoms with Crippen molar-refractivity contribution in [2.75, 3.05) is 13.4 Å². The molecule has 1 aromatic heterocycles. The molecule has 3 N–H and O–H groups in total. The minimum absolute atomic E-state index is 0.00408. The van der Waals surface area contributed by atoms with Crippen LogP contribution in [0.3, 0.4) is 0 Å². The number of carbonyl (C=O) groups is 4. The third kappa shape index (κ3) is 9.88. The zero-order chi connectivity index (χ0) is 32.4. The summed E-state index contributed by atoms with van der Waals surface area (Å²) in [6.45, 7) is 4.91. The maximum Gasteiger partial charge on any atom is 0.435 e. The number of carbonyl (C=O) groups excluding carboxylic acids is 4. The van der Waals surface area contributed by atoms with E-state index in [9.17, 15) is 19.2 Å². The van der Waals surface area contributed by atoms with E-state index in [-0.39, 0.29) is 37.4 Å². The lowest BCUT2D eigenvalue weighted by Gasteiger charge is -2.16. The summed E-state index contributed by atoms with van der Waals surface area (Å²) >= 11 is 0. The van der Waals surface area contributed by atoms with Crippen molar-refractivity contribution in [1.82, 2.24) is 10.3 Å². The van der Waals surface area contributed by atoms with E-state index in [1.165, 1.54) is 6.20 Å². The lowest BCUT2D eigenvalue weighted by atomic mass is 9.98. The molecule has 2 atom stereocenters. The number of rotatable bonds is 11. The topological polar surface area (TPSA) is 168 Å². The van der Waals surface area contributed by atoms with E-state index in [1.54, 1.807) is 45.0 Å². The normalized spacial score (nSPS) is 16.4. The van der Waals surface area contributed by atoms with Crippen molar-refractivity contribution in [3.05, 3.63) is 84.1 Å². The summed E-state index contributed by atoms with van der Waals surface area (Å²) in [5, 5.41) is 2.84. The summed E-state index contributed by atoms with van der Waals surface area (Å²) in [5.74, 6) is -1.33. The molecule has 0 spiro atoms. The van der Waals surface area contributed by atoms with Crippen LogP contribution in [0.25, 0.3) is 11.3 Å². The smallest absolute Gasteiger partial charge is 0.435 e. The molecule has 0 unspecified atom stereocenters. The Kier molecular flexibility index (Phi) is 10.9. The zero-order valence-corrected chi connectivity index (χ0v) is 25.4. The molecule has 236 valence electrons. The largest absolute Gasteiger partial charge is 0.491 e. The van der Waals surface area contributed by atoms with Gasteiger partial charge < -0.3 is 30.0 Å². The lowest BCUT2D eigenvalue weighted by molar-refractivity contribution is -0.173. The molecule has 0 saturated carbocycles. The zero-order valence-electron chi connectivity index (χ0n) is 25.4. The molecule has 1 aliphatic rings. The Hall–Kier alpha value is -5.26. The number of benzene rings is 2. The highest BCUT2D eigenvalue weighted by atomic mass is 16.7. The van der Waals surface area contributed by atoms with Crippen LogP contribution in [0.5, 0.6) is 5.75 Å². The highest BCUT2D eigenvalue weighted by Crippen LogP contribution is 2.24.